The number of hydrogen-bond donors (Lipinski definition) is 2. The largest absolute Gasteiger partial charge is 0.508 e. The smallest absolute Gasteiger partial charge is 0.272 e. The van der Waals surface area contributed by atoms with Crippen LogP contribution in [0.2, 0.25) is 0 Å². The van der Waals surface area contributed by atoms with Gasteiger partial charge in [-0.1, -0.05) is 13.0 Å². The van der Waals surface area contributed by atoms with Gasteiger partial charge >= 0.3 is 0 Å². The Balaban J connectivity index is 1.55. The first-order valence-corrected chi connectivity index (χ1v) is 11.2. The van der Waals surface area contributed by atoms with E-state index in [0.717, 1.165) is 32.1 Å². The van der Waals surface area contributed by atoms with E-state index >= 15 is 0 Å². The number of aromatic hydroxyl groups is 1. The third kappa shape index (κ3) is 3.19. The molecule has 0 aliphatic heterocycles. The molecule has 2 aromatic rings. The van der Waals surface area contributed by atoms with E-state index in [1.165, 1.54) is 17.2 Å². The molecular formula is C25H29NO5. The Hall–Kier alpha value is -2.60. The minimum atomic E-state index is -0.375. The number of nitro groups is 1. The Morgan fingerprint density at radius 1 is 1.16 bits per heavy atom. The maximum Gasteiger partial charge on any atom is 0.272 e. The fourth-order valence-corrected chi connectivity index (χ4v) is 6.78. The van der Waals surface area contributed by atoms with Crippen LogP contribution in [0.1, 0.15) is 55.2 Å². The molecule has 0 heterocycles. The van der Waals surface area contributed by atoms with Crippen LogP contribution in [0.25, 0.3) is 0 Å². The van der Waals surface area contributed by atoms with Gasteiger partial charge in [0.2, 0.25) is 0 Å². The van der Waals surface area contributed by atoms with Gasteiger partial charge in [-0.3, -0.25) is 10.1 Å². The van der Waals surface area contributed by atoms with Crippen molar-refractivity contribution in [2.24, 2.45) is 17.3 Å². The number of aliphatic hydroxyl groups is 1. The van der Waals surface area contributed by atoms with Gasteiger partial charge in [0.05, 0.1) is 11.0 Å². The number of benzene rings is 2. The van der Waals surface area contributed by atoms with Crippen LogP contribution in [0, 0.1) is 34.3 Å². The highest BCUT2D eigenvalue weighted by Crippen LogP contribution is 2.61. The second-order valence-electron chi connectivity index (χ2n) is 9.88. The van der Waals surface area contributed by atoms with E-state index in [1.54, 1.807) is 25.1 Å². The maximum atomic E-state index is 11.2. The molecule has 0 amide bonds. The molecule has 6 atom stereocenters. The number of rotatable bonds is 3. The summed E-state index contributed by atoms with van der Waals surface area (Å²) in [6.07, 6.45) is 4.10. The van der Waals surface area contributed by atoms with Crippen molar-refractivity contribution >= 4 is 5.69 Å². The summed E-state index contributed by atoms with van der Waals surface area (Å²) in [5, 5.41) is 32.1. The zero-order chi connectivity index (χ0) is 21.9. The lowest BCUT2D eigenvalue weighted by atomic mass is 9.54. The van der Waals surface area contributed by atoms with Crippen molar-refractivity contribution in [3.05, 3.63) is 63.2 Å². The standard InChI is InChI=1S/C25H29NO5/c1-14-11-17(5-9-21(14)26(29)30)31-22-13-25(2)20(8-10-23(25)28)19-6-3-15-12-16(27)4-7-18(15)24(19)22/h4-5,7,9,11-12,19-20,22-24,27-28H,3,6,8,10,13H2,1-2H3/t19-,20-,22-,23-,24+,25-/m0/s1. The van der Waals surface area contributed by atoms with Gasteiger partial charge in [0, 0.05) is 23.0 Å². The van der Waals surface area contributed by atoms with Crippen LogP contribution < -0.4 is 4.74 Å². The van der Waals surface area contributed by atoms with Gasteiger partial charge in [-0.05, 0) is 86.3 Å². The summed E-state index contributed by atoms with van der Waals surface area (Å²) in [7, 11) is 0. The van der Waals surface area contributed by atoms with Gasteiger partial charge in [0.25, 0.3) is 5.69 Å². The van der Waals surface area contributed by atoms with Crippen molar-refractivity contribution in [3.63, 3.8) is 0 Å². The summed E-state index contributed by atoms with van der Waals surface area (Å²) in [4.78, 5) is 10.8. The van der Waals surface area contributed by atoms with Gasteiger partial charge in [-0.2, -0.15) is 0 Å². The molecule has 6 heteroatoms. The fourth-order valence-electron chi connectivity index (χ4n) is 6.78. The van der Waals surface area contributed by atoms with Crippen LogP contribution in [0.5, 0.6) is 11.5 Å². The minimum Gasteiger partial charge on any atom is -0.508 e. The Morgan fingerprint density at radius 3 is 2.71 bits per heavy atom. The third-order valence-electron chi connectivity index (χ3n) is 8.26. The quantitative estimate of drug-likeness (QED) is 0.542. The topological polar surface area (TPSA) is 92.8 Å². The highest BCUT2D eigenvalue weighted by Gasteiger charge is 2.58. The summed E-state index contributed by atoms with van der Waals surface area (Å²) < 4.78 is 6.55. The highest BCUT2D eigenvalue weighted by atomic mass is 16.6. The number of nitrogens with zero attached hydrogens (tertiary/aromatic N) is 1. The van der Waals surface area contributed by atoms with E-state index < -0.39 is 0 Å². The van der Waals surface area contributed by atoms with Crippen molar-refractivity contribution in [3.8, 4) is 11.5 Å². The molecule has 3 aliphatic rings. The highest BCUT2D eigenvalue weighted by molar-refractivity contribution is 5.45. The molecule has 0 saturated heterocycles. The lowest BCUT2D eigenvalue weighted by molar-refractivity contribution is -0.385. The van der Waals surface area contributed by atoms with Gasteiger partial charge < -0.3 is 14.9 Å². The number of phenols is 1. The molecule has 0 radical (unpaired) electrons. The molecule has 3 aliphatic carbocycles. The average Bonchev–Trinajstić information content (AvgIpc) is 3.01. The molecule has 0 spiro atoms. The molecule has 0 bridgehead atoms. The molecule has 2 aromatic carbocycles. The lowest BCUT2D eigenvalue weighted by Gasteiger charge is -2.53. The van der Waals surface area contributed by atoms with E-state index in [0.29, 0.717) is 23.1 Å². The zero-order valence-electron chi connectivity index (χ0n) is 18.0. The number of fused-ring (bicyclic) bond motifs is 5. The summed E-state index contributed by atoms with van der Waals surface area (Å²) in [5.41, 5.74) is 2.90. The van der Waals surface area contributed by atoms with E-state index in [1.807, 2.05) is 12.1 Å². The van der Waals surface area contributed by atoms with Crippen molar-refractivity contribution in [1.82, 2.24) is 0 Å². The van der Waals surface area contributed by atoms with Gasteiger partial charge in [0.15, 0.2) is 0 Å². The average molecular weight is 424 g/mol. The van der Waals surface area contributed by atoms with Crippen LogP contribution in [0.15, 0.2) is 36.4 Å². The first-order valence-electron chi connectivity index (χ1n) is 11.2. The first kappa shape index (κ1) is 20.3. The Kier molecular flexibility index (Phi) is 4.74. The summed E-state index contributed by atoms with van der Waals surface area (Å²) in [6, 6.07) is 10.6. The summed E-state index contributed by atoms with van der Waals surface area (Å²) in [5.74, 6) is 1.97. The lowest BCUT2D eigenvalue weighted by Crippen LogP contribution is -2.51. The Morgan fingerprint density at radius 2 is 1.97 bits per heavy atom. The predicted molar refractivity (Wildman–Crippen MR) is 116 cm³/mol. The molecule has 5 rings (SSSR count). The molecule has 31 heavy (non-hydrogen) atoms. The van der Waals surface area contributed by atoms with Crippen molar-refractivity contribution < 1.29 is 19.9 Å². The number of nitro benzene ring substituents is 1. The molecule has 0 unspecified atom stereocenters. The van der Waals surface area contributed by atoms with E-state index in [9.17, 15) is 20.3 Å². The summed E-state index contributed by atoms with van der Waals surface area (Å²) >= 11 is 0. The summed E-state index contributed by atoms with van der Waals surface area (Å²) in [6.45, 7) is 3.93. The van der Waals surface area contributed by atoms with Gasteiger partial charge in [-0.25, -0.2) is 0 Å². The molecule has 164 valence electrons. The second kappa shape index (κ2) is 7.23. The van der Waals surface area contributed by atoms with Gasteiger partial charge in [0.1, 0.15) is 17.6 Å². The minimum absolute atomic E-state index is 0.0885. The van der Waals surface area contributed by atoms with Crippen molar-refractivity contribution in [1.29, 1.82) is 0 Å². The van der Waals surface area contributed by atoms with Crippen LogP contribution in [-0.4, -0.2) is 27.3 Å². The molecule has 2 fully saturated rings. The maximum absolute atomic E-state index is 11.2. The van der Waals surface area contributed by atoms with E-state index in [-0.39, 0.29) is 39.9 Å². The van der Waals surface area contributed by atoms with Gasteiger partial charge in [-0.15, -0.1) is 0 Å². The molecule has 2 N–H and O–H groups in total. The molecule has 0 aromatic heterocycles. The molecule has 2 saturated carbocycles. The van der Waals surface area contributed by atoms with E-state index in [2.05, 4.69) is 6.92 Å². The number of phenolic OH excluding ortho intramolecular Hbond substituents is 1. The van der Waals surface area contributed by atoms with Crippen LogP contribution >= 0.6 is 0 Å². The first-order chi connectivity index (χ1) is 14.8. The van der Waals surface area contributed by atoms with Crippen molar-refractivity contribution in [2.75, 3.05) is 0 Å². The van der Waals surface area contributed by atoms with Crippen LogP contribution in [-0.2, 0) is 6.42 Å². The zero-order valence-corrected chi connectivity index (χ0v) is 18.0. The normalized spacial score (nSPS) is 33.8. The predicted octanol–water partition coefficient (Wildman–Crippen LogP) is 4.88. The molecule has 6 nitrogen and oxygen atoms in total. The third-order valence-corrected chi connectivity index (χ3v) is 8.26. The van der Waals surface area contributed by atoms with E-state index in [4.69, 9.17) is 4.74 Å². The Bertz CT molecular complexity index is 1040. The molecular weight excluding hydrogens is 394 g/mol. The number of aryl methyl sites for hydroxylation is 2. The second-order valence-corrected chi connectivity index (χ2v) is 9.88. The monoisotopic (exact) mass is 423 g/mol. The number of hydrogen-bond acceptors (Lipinski definition) is 5. The fraction of sp³-hybridized carbons (Fsp3) is 0.520. The van der Waals surface area contributed by atoms with Crippen molar-refractivity contribution in [2.45, 2.75) is 64.1 Å². The van der Waals surface area contributed by atoms with Crippen LogP contribution in [0.3, 0.4) is 0 Å². The Labute approximate surface area is 182 Å². The number of aliphatic hydroxyl groups excluding tert-OH is 1. The SMILES string of the molecule is Cc1cc(O[C@H]2C[C@]3(C)[C@@H](O)CC[C@H]3[C@@H]3CCc4cc(O)ccc4[C@H]32)ccc1[N+](=O)[O-]. The van der Waals surface area contributed by atoms with Crippen LogP contribution in [0.4, 0.5) is 5.69 Å². The number of ether oxygens (including phenoxy) is 1.